The second kappa shape index (κ2) is 5.58. The lowest BCUT2D eigenvalue weighted by atomic mass is 9.80. The molecule has 0 saturated carbocycles. The number of Topliss-reactive ketones (excluding diaryl/α,β-unsaturated/α-hetero) is 2. The number of esters is 1. The van der Waals surface area contributed by atoms with E-state index in [0.717, 1.165) is 0 Å². The van der Waals surface area contributed by atoms with Gasteiger partial charge in [-0.1, -0.05) is 0 Å². The monoisotopic (exact) mass is 317 g/mol. The maximum Gasteiger partial charge on any atom is 0.308 e. The first-order valence-electron chi connectivity index (χ1n) is 7.20. The highest BCUT2D eigenvalue weighted by Gasteiger charge is 2.41. The first-order chi connectivity index (χ1) is 10.9. The van der Waals surface area contributed by atoms with Gasteiger partial charge in [-0.15, -0.1) is 0 Å². The third-order valence-electron chi connectivity index (χ3n) is 4.11. The summed E-state index contributed by atoms with van der Waals surface area (Å²) in [5, 5.41) is 0. The molecule has 7 nitrogen and oxygen atoms in total. The van der Waals surface area contributed by atoms with Crippen molar-refractivity contribution < 1.29 is 23.9 Å². The highest BCUT2D eigenvalue weighted by atomic mass is 16.5. The van der Waals surface area contributed by atoms with Gasteiger partial charge in [0.25, 0.3) is 0 Å². The molecule has 23 heavy (non-hydrogen) atoms. The van der Waals surface area contributed by atoms with Gasteiger partial charge in [0.1, 0.15) is 5.69 Å². The van der Waals surface area contributed by atoms with Crippen LogP contribution in [0.3, 0.4) is 0 Å². The smallest absolute Gasteiger partial charge is 0.308 e. The molecule has 2 aliphatic rings. The van der Waals surface area contributed by atoms with E-state index in [0.29, 0.717) is 0 Å². The van der Waals surface area contributed by atoms with E-state index in [-0.39, 0.29) is 35.2 Å². The molecule has 1 aromatic rings. The molecule has 1 aliphatic heterocycles. The molecule has 0 aromatic carbocycles. The zero-order valence-electron chi connectivity index (χ0n) is 12.7. The van der Waals surface area contributed by atoms with Crippen LogP contribution in [0.5, 0.6) is 0 Å². The molecule has 0 unspecified atom stereocenters. The molecule has 0 fully saturated rings. The molecule has 7 heteroatoms. The number of ketones is 2. The Morgan fingerprint density at radius 3 is 2.78 bits per heavy atom. The molecule has 0 spiro atoms. The number of hydrogen-bond donors (Lipinski definition) is 1. The van der Waals surface area contributed by atoms with Crippen LogP contribution < -0.4 is 5.43 Å². The van der Waals surface area contributed by atoms with Crippen molar-refractivity contribution in [1.29, 1.82) is 0 Å². The van der Waals surface area contributed by atoms with E-state index >= 15 is 0 Å². The summed E-state index contributed by atoms with van der Waals surface area (Å²) in [6.07, 6.45) is 0.232. The Morgan fingerprint density at radius 2 is 2.09 bits per heavy atom. The number of rotatable bonds is 2. The molecule has 0 saturated heterocycles. The zero-order valence-corrected chi connectivity index (χ0v) is 12.7. The molecule has 1 aliphatic carbocycles. The average Bonchev–Trinajstić information content (AvgIpc) is 2.51. The van der Waals surface area contributed by atoms with Crippen molar-refractivity contribution in [2.75, 3.05) is 7.11 Å². The second-order valence-electron chi connectivity index (χ2n) is 5.53. The molecule has 2 atom stereocenters. The normalized spacial score (nSPS) is 23.4. The number of ether oxygens (including phenoxy) is 2. The van der Waals surface area contributed by atoms with Crippen LogP contribution in [-0.4, -0.2) is 41.8 Å². The van der Waals surface area contributed by atoms with Crippen molar-refractivity contribution in [1.82, 2.24) is 4.98 Å². The van der Waals surface area contributed by atoms with Gasteiger partial charge < -0.3 is 14.5 Å². The van der Waals surface area contributed by atoms with E-state index in [1.54, 1.807) is 6.92 Å². The van der Waals surface area contributed by atoms with Gasteiger partial charge in [0.2, 0.25) is 5.78 Å². The lowest BCUT2D eigenvalue weighted by molar-refractivity contribution is -0.144. The van der Waals surface area contributed by atoms with Gasteiger partial charge >= 0.3 is 5.97 Å². The Labute approximate surface area is 131 Å². The summed E-state index contributed by atoms with van der Waals surface area (Å²) in [5.41, 5.74) is -0.116. The van der Waals surface area contributed by atoms with Crippen molar-refractivity contribution in [2.45, 2.75) is 32.0 Å². The minimum atomic E-state index is -0.637. The van der Waals surface area contributed by atoms with E-state index in [4.69, 9.17) is 4.74 Å². The lowest BCUT2D eigenvalue weighted by Gasteiger charge is -2.33. The van der Waals surface area contributed by atoms with Gasteiger partial charge in [0.05, 0.1) is 31.3 Å². The summed E-state index contributed by atoms with van der Waals surface area (Å²) < 4.78 is 10.3. The fourth-order valence-electron chi connectivity index (χ4n) is 3.08. The SMILES string of the molecule is COC(=O)C[C@H]1CC2=C(C(=O)c3[nH]ccc(=O)c3C2=O)[C@@H](C)O1. The first-order valence-corrected chi connectivity index (χ1v) is 7.20. The summed E-state index contributed by atoms with van der Waals surface area (Å²) in [6.45, 7) is 1.65. The Balaban J connectivity index is 2.04. The van der Waals surface area contributed by atoms with Crippen LogP contribution in [0.2, 0.25) is 0 Å². The van der Waals surface area contributed by atoms with E-state index < -0.39 is 35.2 Å². The van der Waals surface area contributed by atoms with Crippen LogP contribution in [0.25, 0.3) is 0 Å². The number of methoxy groups -OCH3 is 1. The number of fused-ring (bicyclic) bond motifs is 1. The van der Waals surface area contributed by atoms with Crippen LogP contribution in [0.15, 0.2) is 28.2 Å². The Hall–Kier alpha value is -2.54. The molecule has 0 bridgehead atoms. The van der Waals surface area contributed by atoms with Crippen molar-refractivity contribution in [3.63, 3.8) is 0 Å². The van der Waals surface area contributed by atoms with Crippen LogP contribution in [0, 0.1) is 0 Å². The number of carbonyl (C=O) groups is 3. The highest BCUT2D eigenvalue weighted by molar-refractivity contribution is 6.26. The van der Waals surface area contributed by atoms with Crippen LogP contribution in [0.4, 0.5) is 0 Å². The number of H-pyrrole nitrogens is 1. The first kappa shape index (κ1) is 15.4. The number of nitrogens with one attached hydrogen (secondary N) is 1. The topological polar surface area (TPSA) is 103 Å². The lowest BCUT2D eigenvalue weighted by Crippen LogP contribution is -2.40. The largest absolute Gasteiger partial charge is 0.469 e. The molecule has 0 radical (unpaired) electrons. The van der Waals surface area contributed by atoms with Crippen molar-refractivity contribution in [3.05, 3.63) is 44.9 Å². The van der Waals surface area contributed by atoms with Gasteiger partial charge in [-0.05, 0) is 6.92 Å². The Morgan fingerprint density at radius 1 is 1.35 bits per heavy atom. The second-order valence-corrected chi connectivity index (χ2v) is 5.53. The maximum atomic E-state index is 12.7. The summed E-state index contributed by atoms with van der Waals surface area (Å²) in [6, 6.07) is 1.21. The predicted octanol–water partition coefficient (Wildman–Crippen LogP) is 0.791. The van der Waals surface area contributed by atoms with Gasteiger partial charge in [-0.2, -0.15) is 0 Å². The maximum absolute atomic E-state index is 12.7. The fraction of sp³-hybridized carbons (Fsp3) is 0.375. The van der Waals surface area contributed by atoms with E-state index in [1.807, 2.05) is 0 Å². The third kappa shape index (κ3) is 2.43. The van der Waals surface area contributed by atoms with Crippen molar-refractivity contribution >= 4 is 17.5 Å². The summed E-state index contributed by atoms with van der Waals surface area (Å²) >= 11 is 0. The molecule has 120 valence electrons. The molecule has 1 aromatic heterocycles. The van der Waals surface area contributed by atoms with Crippen molar-refractivity contribution in [3.8, 4) is 0 Å². The van der Waals surface area contributed by atoms with E-state index in [2.05, 4.69) is 9.72 Å². The van der Waals surface area contributed by atoms with Crippen LogP contribution >= 0.6 is 0 Å². The van der Waals surface area contributed by atoms with Crippen LogP contribution in [0.1, 0.15) is 40.6 Å². The molecular weight excluding hydrogens is 302 g/mol. The average molecular weight is 317 g/mol. The number of aromatic nitrogens is 1. The summed E-state index contributed by atoms with van der Waals surface area (Å²) in [5.74, 6) is -1.34. The fourth-order valence-corrected chi connectivity index (χ4v) is 3.08. The molecule has 0 amide bonds. The molecule has 3 rings (SSSR count). The zero-order chi connectivity index (χ0) is 16.7. The number of aromatic amines is 1. The minimum Gasteiger partial charge on any atom is -0.469 e. The summed E-state index contributed by atoms with van der Waals surface area (Å²) in [7, 11) is 1.27. The van der Waals surface area contributed by atoms with E-state index in [1.165, 1.54) is 19.4 Å². The van der Waals surface area contributed by atoms with Gasteiger partial charge in [0.15, 0.2) is 11.2 Å². The third-order valence-corrected chi connectivity index (χ3v) is 4.11. The van der Waals surface area contributed by atoms with E-state index in [9.17, 15) is 19.2 Å². The van der Waals surface area contributed by atoms with Gasteiger partial charge in [0, 0.05) is 29.8 Å². The standard InChI is InChI=1S/C16H15NO6/c1-7-12-9(5-8(23-7)6-11(19)22-2)15(20)13-10(18)3-4-17-14(13)16(12)21/h3-4,7-8H,5-6H2,1-2H3,(H,17,18)/t7-,8-/m1/s1. The number of hydrogen-bond acceptors (Lipinski definition) is 6. The highest BCUT2D eigenvalue weighted by Crippen LogP contribution is 2.34. The molecule has 2 heterocycles. The number of carbonyl (C=O) groups excluding carboxylic acids is 3. The predicted molar refractivity (Wildman–Crippen MR) is 78.3 cm³/mol. The number of pyridine rings is 1. The Bertz CT molecular complexity index is 803. The van der Waals surface area contributed by atoms with Gasteiger partial charge in [-0.3, -0.25) is 19.2 Å². The Kier molecular flexibility index (Phi) is 3.73. The molecule has 1 N–H and O–H groups in total. The van der Waals surface area contributed by atoms with Gasteiger partial charge in [-0.25, -0.2) is 0 Å². The minimum absolute atomic E-state index is 0.00289. The summed E-state index contributed by atoms with van der Waals surface area (Å²) in [4.78, 5) is 51.3. The van der Waals surface area contributed by atoms with Crippen LogP contribution in [-0.2, 0) is 14.3 Å². The molecular formula is C16H15NO6. The quantitative estimate of drug-likeness (QED) is 0.809. The van der Waals surface area contributed by atoms with Crippen molar-refractivity contribution in [2.24, 2.45) is 0 Å².